The molecular weight excluding hydrogens is 330 g/mol. The molecule has 2 atom stereocenters. The monoisotopic (exact) mass is 363 g/mol. The van der Waals surface area contributed by atoms with Crippen LogP contribution < -0.4 is 10.6 Å². The Labute approximate surface area is 157 Å². The number of carbonyl (C=O) groups is 1. The van der Waals surface area contributed by atoms with Crippen LogP contribution in [0.3, 0.4) is 0 Å². The highest BCUT2D eigenvalue weighted by atomic mass is 32.2. The minimum atomic E-state index is -0.0473. The van der Waals surface area contributed by atoms with Gasteiger partial charge in [0.1, 0.15) is 0 Å². The topological polar surface area (TPSA) is 44.4 Å². The predicted octanol–water partition coefficient (Wildman–Crippen LogP) is 3.84. The molecular formula is C20H33N3OS. The summed E-state index contributed by atoms with van der Waals surface area (Å²) in [6, 6.07) is 10.2. The number of carbonyl (C=O) groups excluding carboxylic acids is 1. The molecule has 0 aromatic heterocycles. The van der Waals surface area contributed by atoms with Gasteiger partial charge in [0.2, 0.25) is 0 Å². The van der Waals surface area contributed by atoms with Crippen LogP contribution in [0.2, 0.25) is 0 Å². The van der Waals surface area contributed by atoms with E-state index in [9.17, 15) is 4.79 Å². The lowest BCUT2D eigenvalue weighted by molar-refractivity contribution is 0.139. The van der Waals surface area contributed by atoms with Crippen LogP contribution in [0.1, 0.15) is 33.1 Å². The number of nitrogens with one attached hydrogen (secondary N) is 2. The summed E-state index contributed by atoms with van der Waals surface area (Å²) in [7, 11) is 0. The maximum atomic E-state index is 11.8. The molecule has 2 amide bonds. The van der Waals surface area contributed by atoms with E-state index in [0.29, 0.717) is 6.54 Å². The zero-order valence-corrected chi connectivity index (χ0v) is 16.5. The standard InChI is InChI=1S/C20H33N3OS/c1-17-14-18(2)16-23(15-17)12-7-6-10-21-20(24)22-11-13-25-19-8-4-3-5-9-19/h3-5,8-9,17-18H,6-7,10-16H2,1-2H3,(H2,21,22,24)/t17-,18-/m1/s1. The van der Waals surface area contributed by atoms with Crippen molar-refractivity contribution in [3.63, 3.8) is 0 Å². The van der Waals surface area contributed by atoms with Gasteiger partial charge in [0.15, 0.2) is 0 Å². The van der Waals surface area contributed by atoms with Crippen LogP contribution >= 0.6 is 11.8 Å². The fraction of sp³-hybridized carbons (Fsp3) is 0.650. The molecule has 1 saturated heterocycles. The second-order valence-corrected chi connectivity index (χ2v) is 8.43. The van der Waals surface area contributed by atoms with Crippen molar-refractivity contribution in [3.8, 4) is 0 Å². The van der Waals surface area contributed by atoms with Gasteiger partial charge in [-0.25, -0.2) is 4.79 Å². The summed E-state index contributed by atoms with van der Waals surface area (Å²) in [6.07, 6.45) is 3.57. The fourth-order valence-corrected chi connectivity index (χ4v) is 4.34. The maximum absolute atomic E-state index is 11.8. The molecule has 25 heavy (non-hydrogen) atoms. The molecule has 0 radical (unpaired) electrons. The van der Waals surface area contributed by atoms with Gasteiger partial charge in [0, 0.05) is 36.8 Å². The molecule has 2 rings (SSSR count). The molecule has 140 valence electrons. The highest BCUT2D eigenvalue weighted by molar-refractivity contribution is 7.99. The first-order chi connectivity index (χ1) is 12.1. The van der Waals surface area contributed by atoms with Crippen molar-refractivity contribution in [2.24, 2.45) is 11.8 Å². The summed E-state index contributed by atoms with van der Waals surface area (Å²) in [5, 5.41) is 5.88. The number of hydrogen-bond donors (Lipinski definition) is 2. The lowest BCUT2D eigenvalue weighted by Crippen LogP contribution is -2.40. The normalized spacial score (nSPS) is 21.0. The Balaban J connectivity index is 1.44. The highest BCUT2D eigenvalue weighted by Gasteiger charge is 2.20. The number of urea groups is 1. The lowest BCUT2D eigenvalue weighted by atomic mass is 9.92. The first-order valence-electron chi connectivity index (χ1n) is 9.55. The van der Waals surface area contributed by atoms with Gasteiger partial charge in [-0.15, -0.1) is 11.8 Å². The summed E-state index contributed by atoms with van der Waals surface area (Å²) in [6.45, 7) is 9.78. The average Bonchev–Trinajstić information content (AvgIpc) is 2.58. The number of unbranched alkanes of at least 4 members (excludes halogenated alkanes) is 1. The quantitative estimate of drug-likeness (QED) is 0.518. The van der Waals surface area contributed by atoms with Crippen molar-refractivity contribution in [2.45, 2.75) is 38.0 Å². The van der Waals surface area contributed by atoms with Gasteiger partial charge in [-0.1, -0.05) is 32.0 Å². The van der Waals surface area contributed by atoms with Crippen LogP contribution in [0.25, 0.3) is 0 Å². The van der Waals surface area contributed by atoms with E-state index in [2.05, 4.69) is 41.5 Å². The fourth-order valence-electron chi connectivity index (χ4n) is 3.55. The molecule has 4 nitrogen and oxygen atoms in total. The molecule has 0 spiro atoms. The first-order valence-corrected chi connectivity index (χ1v) is 10.5. The number of rotatable bonds is 9. The molecule has 0 saturated carbocycles. The van der Waals surface area contributed by atoms with Crippen LogP contribution in [0.15, 0.2) is 35.2 Å². The Morgan fingerprint density at radius 1 is 1.08 bits per heavy atom. The minimum absolute atomic E-state index is 0.0473. The SMILES string of the molecule is C[C@@H]1C[C@@H](C)CN(CCCCNC(=O)NCCSc2ccccc2)C1. The molecule has 0 unspecified atom stereocenters. The number of thioether (sulfide) groups is 1. The Morgan fingerprint density at radius 3 is 2.48 bits per heavy atom. The molecule has 1 heterocycles. The van der Waals surface area contributed by atoms with Gasteiger partial charge < -0.3 is 15.5 Å². The zero-order chi connectivity index (χ0) is 17.9. The molecule has 5 heteroatoms. The van der Waals surface area contributed by atoms with E-state index < -0.39 is 0 Å². The average molecular weight is 364 g/mol. The third-order valence-electron chi connectivity index (χ3n) is 4.53. The number of amides is 2. The van der Waals surface area contributed by atoms with Crippen molar-refractivity contribution in [1.82, 2.24) is 15.5 Å². The van der Waals surface area contributed by atoms with Gasteiger partial charge in [-0.05, 0) is 49.8 Å². The third kappa shape index (κ3) is 8.63. The summed E-state index contributed by atoms with van der Waals surface area (Å²) in [5.74, 6) is 2.53. The summed E-state index contributed by atoms with van der Waals surface area (Å²) in [4.78, 5) is 15.6. The van der Waals surface area contributed by atoms with Crippen molar-refractivity contribution in [3.05, 3.63) is 30.3 Å². The van der Waals surface area contributed by atoms with E-state index in [4.69, 9.17) is 0 Å². The molecule has 2 N–H and O–H groups in total. The predicted molar refractivity (Wildman–Crippen MR) is 107 cm³/mol. The van der Waals surface area contributed by atoms with Crippen LogP contribution in [-0.2, 0) is 0 Å². The van der Waals surface area contributed by atoms with Crippen LogP contribution in [0.4, 0.5) is 4.79 Å². The van der Waals surface area contributed by atoms with Crippen molar-refractivity contribution < 1.29 is 4.79 Å². The Kier molecular flexibility index (Phi) is 9.19. The van der Waals surface area contributed by atoms with Gasteiger partial charge in [0.05, 0.1) is 0 Å². The second kappa shape index (κ2) is 11.4. The van der Waals surface area contributed by atoms with Crippen molar-refractivity contribution >= 4 is 17.8 Å². The number of piperidine rings is 1. The number of hydrogen-bond acceptors (Lipinski definition) is 3. The van der Waals surface area contributed by atoms with E-state index in [1.807, 2.05) is 18.2 Å². The highest BCUT2D eigenvalue weighted by Crippen LogP contribution is 2.21. The smallest absolute Gasteiger partial charge is 0.314 e. The van der Waals surface area contributed by atoms with Gasteiger partial charge in [0.25, 0.3) is 0 Å². The third-order valence-corrected chi connectivity index (χ3v) is 5.54. The Morgan fingerprint density at radius 2 is 1.76 bits per heavy atom. The largest absolute Gasteiger partial charge is 0.338 e. The van der Waals surface area contributed by atoms with E-state index >= 15 is 0 Å². The number of nitrogens with zero attached hydrogens (tertiary/aromatic N) is 1. The van der Waals surface area contributed by atoms with Crippen molar-refractivity contribution in [1.29, 1.82) is 0 Å². The van der Waals surface area contributed by atoms with E-state index in [-0.39, 0.29) is 6.03 Å². The van der Waals surface area contributed by atoms with E-state index in [0.717, 1.165) is 43.5 Å². The van der Waals surface area contributed by atoms with Crippen molar-refractivity contribution in [2.75, 3.05) is 38.5 Å². The molecule has 1 aliphatic heterocycles. The summed E-state index contributed by atoms with van der Waals surface area (Å²) in [5.41, 5.74) is 0. The lowest BCUT2D eigenvalue weighted by Gasteiger charge is -2.34. The number of benzene rings is 1. The van der Waals surface area contributed by atoms with E-state index in [1.54, 1.807) is 11.8 Å². The summed E-state index contributed by atoms with van der Waals surface area (Å²) < 4.78 is 0. The number of likely N-dealkylation sites (tertiary alicyclic amines) is 1. The Hall–Kier alpha value is -1.20. The molecule has 1 fully saturated rings. The van der Waals surface area contributed by atoms with Gasteiger partial charge in [-0.2, -0.15) is 0 Å². The molecule has 0 aliphatic carbocycles. The van der Waals surface area contributed by atoms with Gasteiger partial charge in [-0.3, -0.25) is 0 Å². The molecule has 0 bridgehead atoms. The Bertz CT molecular complexity index is 487. The molecule has 1 aromatic carbocycles. The van der Waals surface area contributed by atoms with E-state index in [1.165, 1.54) is 24.4 Å². The van der Waals surface area contributed by atoms with Gasteiger partial charge >= 0.3 is 6.03 Å². The first kappa shape index (κ1) is 20.1. The molecule has 1 aliphatic rings. The molecule has 1 aromatic rings. The second-order valence-electron chi connectivity index (χ2n) is 7.26. The maximum Gasteiger partial charge on any atom is 0.314 e. The minimum Gasteiger partial charge on any atom is -0.338 e. The zero-order valence-electron chi connectivity index (χ0n) is 15.7. The van der Waals surface area contributed by atoms with Crippen LogP contribution in [0, 0.1) is 11.8 Å². The van der Waals surface area contributed by atoms with Crippen LogP contribution in [0.5, 0.6) is 0 Å². The van der Waals surface area contributed by atoms with Crippen LogP contribution in [-0.4, -0.2) is 49.4 Å². The summed E-state index contributed by atoms with van der Waals surface area (Å²) >= 11 is 1.76.